The predicted octanol–water partition coefficient (Wildman–Crippen LogP) is 3.78. The molecule has 0 fully saturated rings. The van der Waals surface area contributed by atoms with Crippen LogP contribution in [0.5, 0.6) is 5.75 Å². The maximum atomic E-state index is 12.3. The van der Waals surface area contributed by atoms with Crippen LogP contribution in [0.1, 0.15) is 25.0 Å². The van der Waals surface area contributed by atoms with Gasteiger partial charge in [-0.1, -0.05) is 12.1 Å². The molecule has 0 bridgehead atoms. The quantitative estimate of drug-likeness (QED) is 0.810. The van der Waals surface area contributed by atoms with E-state index in [0.717, 1.165) is 0 Å². The highest BCUT2D eigenvalue weighted by Gasteiger charge is 2.34. The van der Waals surface area contributed by atoms with Gasteiger partial charge in [0.15, 0.2) is 0 Å². The van der Waals surface area contributed by atoms with Crippen LogP contribution in [-0.2, 0) is 10.3 Å². The van der Waals surface area contributed by atoms with Crippen molar-refractivity contribution < 1.29 is 22.6 Å². The first-order valence-electron chi connectivity index (χ1n) is 5.08. The van der Waals surface area contributed by atoms with Crippen LogP contribution in [0.25, 0.3) is 0 Å². The average Bonchev–Trinajstić information content (AvgIpc) is 2.14. The highest BCUT2D eigenvalue weighted by atomic mass is 19.4. The molecule has 0 heterocycles. The first kappa shape index (κ1) is 13.8. The molecule has 96 valence electrons. The van der Waals surface area contributed by atoms with E-state index in [1.807, 2.05) is 0 Å². The zero-order valence-electron chi connectivity index (χ0n) is 10.2. The van der Waals surface area contributed by atoms with Crippen molar-refractivity contribution in [3.05, 3.63) is 29.3 Å². The van der Waals surface area contributed by atoms with Crippen molar-refractivity contribution in [1.82, 2.24) is 0 Å². The molecular formula is C12H15F3O2. The molecule has 0 aromatic heterocycles. The fraction of sp³-hybridized carbons (Fsp3) is 0.500. The minimum absolute atomic E-state index is 0.218. The Morgan fingerprint density at radius 3 is 2.18 bits per heavy atom. The minimum atomic E-state index is -4.70. The van der Waals surface area contributed by atoms with E-state index in [2.05, 4.69) is 4.74 Å². The summed E-state index contributed by atoms with van der Waals surface area (Å²) in [5, 5.41) is 0. The smallest absolute Gasteiger partial charge is 0.405 e. The van der Waals surface area contributed by atoms with E-state index in [1.165, 1.54) is 13.2 Å². The molecule has 2 nitrogen and oxygen atoms in total. The van der Waals surface area contributed by atoms with Crippen LogP contribution in [-0.4, -0.2) is 13.5 Å². The topological polar surface area (TPSA) is 18.5 Å². The summed E-state index contributed by atoms with van der Waals surface area (Å²) in [7, 11) is 1.44. The van der Waals surface area contributed by atoms with Crippen molar-refractivity contribution in [3.63, 3.8) is 0 Å². The molecule has 1 aromatic rings. The first-order valence-corrected chi connectivity index (χ1v) is 5.08. The van der Waals surface area contributed by atoms with Gasteiger partial charge in [-0.15, -0.1) is 13.2 Å². The SMILES string of the molecule is COC(C)(C)c1ccc(C)cc1OC(F)(F)F. The average molecular weight is 248 g/mol. The van der Waals surface area contributed by atoms with Gasteiger partial charge in [0.25, 0.3) is 0 Å². The Balaban J connectivity index is 3.22. The summed E-state index contributed by atoms with van der Waals surface area (Å²) in [6.07, 6.45) is -4.70. The van der Waals surface area contributed by atoms with Crippen molar-refractivity contribution in [2.24, 2.45) is 0 Å². The predicted molar refractivity (Wildman–Crippen MR) is 57.9 cm³/mol. The number of aryl methyl sites for hydroxylation is 1. The summed E-state index contributed by atoms with van der Waals surface area (Å²) in [4.78, 5) is 0. The Labute approximate surface area is 98.3 Å². The normalized spacial score (nSPS) is 12.6. The van der Waals surface area contributed by atoms with Gasteiger partial charge in [0.05, 0.1) is 5.60 Å². The largest absolute Gasteiger partial charge is 0.573 e. The van der Waals surface area contributed by atoms with Crippen molar-refractivity contribution in [2.75, 3.05) is 7.11 Å². The van der Waals surface area contributed by atoms with Gasteiger partial charge in [-0.05, 0) is 32.4 Å². The number of ether oxygens (including phenoxy) is 2. The molecule has 0 spiro atoms. The van der Waals surface area contributed by atoms with Crippen LogP contribution in [0.3, 0.4) is 0 Å². The number of hydrogen-bond acceptors (Lipinski definition) is 2. The van der Waals surface area contributed by atoms with Gasteiger partial charge >= 0.3 is 6.36 Å². The second-order valence-electron chi connectivity index (χ2n) is 4.26. The van der Waals surface area contributed by atoms with Crippen molar-refractivity contribution in [1.29, 1.82) is 0 Å². The molecule has 0 saturated carbocycles. The molecule has 0 aliphatic rings. The van der Waals surface area contributed by atoms with Gasteiger partial charge in [0.2, 0.25) is 0 Å². The lowest BCUT2D eigenvalue weighted by Crippen LogP contribution is -2.24. The Kier molecular flexibility index (Phi) is 3.71. The van der Waals surface area contributed by atoms with Gasteiger partial charge in [-0.2, -0.15) is 0 Å². The van der Waals surface area contributed by atoms with Crippen LogP contribution >= 0.6 is 0 Å². The van der Waals surface area contributed by atoms with Crippen molar-refractivity contribution in [3.8, 4) is 5.75 Å². The number of halogens is 3. The van der Waals surface area contributed by atoms with Gasteiger partial charge < -0.3 is 9.47 Å². The first-order chi connectivity index (χ1) is 7.65. The summed E-state index contributed by atoms with van der Waals surface area (Å²) in [5.41, 5.74) is 0.219. The Morgan fingerprint density at radius 1 is 1.12 bits per heavy atom. The van der Waals surface area contributed by atoms with E-state index in [1.54, 1.807) is 32.9 Å². The van der Waals surface area contributed by atoms with Gasteiger partial charge in [0.1, 0.15) is 5.75 Å². The molecule has 5 heteroatoms. The van der Waals surface area contributed by atoms with Crippen LogP contribution < -0.4 is 4.74 Å². The maximum Gasteiger partial charge on any atom is 0.573 e. The molecule has 0 N–H and O–H groups in total. The molecule has 1 aromatic carbocycles. The number of rotatable bonds is 3. The summed E-state index contributed by atoms with van der Waals surface area (Å²) in [6.45, 7) is 5.06. The fourth-order valence-electron chi connectivity index (χ4n) is 1.45. The van der Waals surface area contributed by atoms with Gasteiger partial charge in [0, 0.05) is 12.7 Å². The second-order valence-corrected chi connectivity index (χ2v) is 4.26. The molecule has 0 amide bonds. The number of alkyl halides is 3. The molecule has 0 saturated heterocycles. The summed E-state index contributed by atoms with van der Waals surface area (Å²) >= 11 is 0. The Hall–Kier alpha value is -1.23. The molecule has 0 atom stereocenters. The molecule has 0 radical (unpaired) electrons. The molecule has 1 rings (SSSR count). The number of hydrogen-bond donors (Lipinski definition) is 0. The van der Waals surface area contributed by atoms with E-state index in [4.69, 9.17) is 4.74 Å². The van der Waals surface area contributed by atoms with Crippen LogP contribution in [0.4, 0.5) is 13.2 Å². The van der Waals surface area contributed by atoms with Gasteiger partial charge in [-0.3, -0.25) is 0 Å². The molecule has 0 aliphatic carbocycles. The van der Waals surface area contributed by atoms with Crippen LogP contribution in [0.15, 0.2) is 18.2 Å². The Bertz CT molecular complexity index is 397. The monoisotopic (exact) mass is 248 g/mol. The third-order valence-corrected chi connectivity index (χ3v) is 2.52. The maximum absolute atomic E-state index is 12.3. The fourth-order valence-corrected chi connectivity index (χ4v) is 1.45. The van der Waals surface area contributed by atoms with Crippen LogP contribution in [0.2, 0.25) is 0 Å². The van der Waals surface area contributed by atoms with Crippen molar-refractivity contribution in [2.45, 2.75) is 32.7 Å². The summed E-state index contributed by atoms with van der Waals surface area (Å²) < 4.78 is 46.0. The van der Waals surface area contributed by atoms with E-state index < -0.39 is 12.0 Å². The van der Waals surface area contributed by atoms with E-state index in [9.17, 15) is 13.2 Å². The standard InChI is InChI=1S/C12H15F3O2/c1-8-5-6-9(11(2,3)16-4)10(7-8)17-12(13,14)15/h5-7H,1-4H3. The highest BCUT2D eigenvalue weighted by molar-refractivity contribution is 5.40. The Morgan fingerprint density at radius 2 is 1.71 bits per heavy atom. The van der Waals surface area contributed by atoms with Crippen LogP contribution in [0, 0.1) is 6.92 Å². The van der Waals surface area contributed by atoms with Gasteiger partial charge in [-0.25, -0.2) is 0 Å². The molecule has 17 heavy (non-hydrogen) atoms. The number of benzene rings is 1. The summed E-state index contributed by atoms with van der Waals surface area (Å²) in [6, 6.07) is 4.66. The molecule has 0 aliphatic heterocycles. The lowest BCUT2D eigenvalue weighted by atomic mass is 9.96. The molecular weight excluding hydrogens is 233 g/mol. The lowest BCUT2D eigenvalue weighted by Gasteiger charge is -2.26. The highest BCUT2D eigenvalue weighted by Crippen LogP contribution is 2.35. The zero-order valence-corrected chi connectivity index (χ0v) is 10.2. The van der Waals surface area contributed by atoms with E-state index >= 15 is 0 Å². The van der Waals surface area contributed by atoms with Crippen molar-refractivity contribution >= 4 is 0 Å². The second kappa shape index (κ2) is 4.56. The third-order valence-electron chi connectivity index (χ3n) is 2.52. The zero-order chi connectivity index (χ0) is 13.3. The van der Waals surface area contributed by atoms with E-state index in [0.29, 0.717) is 11.1 Å². The molecule has 0 unspecified atom stereocenters. The van der Waals surface area contributed by atoms with E-state index in [-0.39, 0.29) is 5.75 Å². The third kappa shape index (κ3) is 3.63. The lowest BCUT2D eigenvalue weighted by molar-refractivity contribution is -0.275. The minimum Gasteiger partial charge on any atom is -0.405 e. The summed E-state index contributed by atoms with van der Waals surface area (Å²) in [5.74, 6) is -0.218. The number of methoxy groups -OCH3 is 1.